The first-order chi connectivity index (χ1) is 19.5. The lowest BCUT2D eigenvalue weighted by Gasteiger charge is -2.13. The van der Waals surface area contributed by atoms with Gasteiger partial charge in [-0.25, -0.2) is 4.98 Å². The van der Waals surface area contributed by atoms with Crippen molar-refractivity contribution in [3.8, 4) is 0 Å². The quantitative estimate of drug-likeness (QED) is 0.126. The van der Waals surface area contributed by atoms with Crippen LogP contribution >= 0.6 is 23.1 Å². The van der Waals surface area contributed by atoms with Gasteiger partial charge in [0.1, 0.15) is 5.70 Å². The number of fused-ring (bicyclic) bond motifs is 1. The Kier molecular flexibility index (Phi) is 8.38. The maximum atomic E-state index is 13.4. The van der Waals surface area contributed by atoms with Crippen LogP contribution in [0.15, 0.2) is 107 Å². The third kappa shape index (κ3) is 6.66. The molecule has 0 bridgehead atoms. The predicted octanol–water partition coefficient (Wildman–Crippen LogP) is 6.15. The molecule has 2 aromatic heterocycles. The Labute approximate surface area is 238 Å². The van der Waals surface area contributed by atoms with Crippen molar-refractivity contribution in [1.29, 1.82) is 0 Å². The molecular weight excluding hydrogens is 542 g/mol. The fourth-order valence-corrected chi connectivity index (χ4v) is 5.28. The minimum absolute atomic E-state index is 0.101. The van der Waals surface area contributed by atoms with Crippen molar-refractivity contribution in [2.45, 2.75) is 17.1 Å². The second-order valence-corrected chi connectivity index (χ2v) is 11.0. The first-order valence-electron chi connectivity index (χ1n) is 12.4. The molecule has 5 rings (SSSR count). The van der Waals surface area contributed by atoms with Gasteiger partial charge in [-0.1, -0.05) is 36.4 Å². The molecular formula is C30H25N5O3S2. The number of amides is 3. The van der Waals surface area contributed by atoms with Gasteiger partial charge < -0.3 is 20.9 Å². The van der Waals surface area contributed by atoms with Crippen molar-refractivity contribution in [2.75, 3.05) is 10.6 Å². The van der Waals surface area contributed by atoms with Gasteiger partial charge in [0, 0.05) is 50.4 Å². The van der Waals surface area contributed by atoms with Crippen LogP contribution in [0, 0.1) is 0 Å². The topological polar surface area (TPSA) is 116 Å². The average molecular weight is 568 g/mol. The van der Waals surface area contributed by atoms with Gasteiger partial charge in [-0.2, -0.15) is 0 Å². The molecule has 10 heteroatoms. The number of aromatic amines is 1. The molecule has 1 atom stereocenters. The van der Waals surface area contributed by atoms with Crippen molar-refractivity contribution in [3.63, 3.8) is 0 Å². The largest absolute Gasteiger partial charge is 0.361 e. The van der Waals surface area contributed by atoms with E-state index in [1.54, 1.807) is 60.2 Å². The number of aromatic nitrogens is 2. The van der Waals surface area contributed by atoms with E-state index in [4.69, 9.17) is 0 Å². The molecule has 8 nitrogen and oxygen atoms in total. The molecule has 0 aliphatic carbocycles. The van der Waals surface area contributed by atoms with Gasteiger partial charge in [0.2, 0.25) is 5.91 Å². The summed E-state index contributed by atoms with van der Waals surface area (Å²) in [5.74, 6) is -0.997. The second kappa shape index (κ2) is 12.5. The first kappa shape index (κ1) is 26.9. The summed E-state index contributed by atoms with van der Waals surface area (Å²) in [4.78, 5) is 46.9. The van der Waals surface area contributed by atoms with Crippen LogP contribution in [0.3, 0.4) is 0 Å². The molecule has 0 spiro atoms. The van der Waals surface area contributed by atoms with Gasteiger partial charge in [0.25, 0.3) is 11.8 Å². The van der Waals surface area contributed by atoms with Crippen molar-refractivity contribution >= 4 is 68.6 Å². The summed E-state index contributed by atoms with van der Waals surface area (Å²) < 4.78 is 0. The fourth-order valence-electron chi connectivity index (χ4n) is 3.88. The molecule has 40 heavy (non-hydrogen) atoms. The van der Waals surface area contributed by atoms with Crippen LogP contribution in [0.25, 0.3) is 17.0 Å². The summed E-state index contributed by atoms with van der Waals surface area (Å²) in [6, 6.07) is 23.6. The number of hydrogen-bond acceptors (Lipinski definition) is 6. The van der Waals surface area contributed by atoms with E-state index in [-0.39, 0.29) is 16.9 Å². The van der Waals surface area contributed by atoms with E-state index in [0.29, 0.717) is 16.4 Å². The zero-order valence-corrected chi connectivity index (χ0v) is 23.0. The monoisotopic (exact) mass is 567 g/mol. The lowest BCUT2D eigenvalue weighted by Crippen LogP contribution is -2.30. The van der Waals surface area contributed by atoms with Gasteiger partial charge in [-0.05, 0) is 55.5 Å². The van der Waals surface area contributed by atoms with E-state index in [1.807, 2.05) is 49.4 Å². The number of carbonyl (C=O) groups excluding carboxylic acids is 3. The highest BCUT2D eigenvalue weighted by molar-refractivity contribution is 8.00. The van der Waals surface area contributed by atoms with Crippen LogP contribution in [-0.2, 0) is 9.59 Å². The van der Waals surface area contributed by atoms with E-state index in [0.717, 1.165) is 21.4 Å². The Morgan fingerprint density at radius 3 is 2.45 bits per heavy atom. The highest BCUT2D eigenvalue weighted by Crippen LogP contribution is 2.26. The zero-order valence-electron chi connectivity index (χ0n) is 21.4. The van der Waals surface area contributed by atoms with Crippen molar-refractivity contribution in [3.05, 3.63) is 113 Å². The fraction of sp³-hybridized carbons (Fsp3) is 0.0667. The smallest absolute Gasteiger partial charge is 0.272 e. The Morgan fingerprint density at radius 1 is 0.950 bits per heavy atom. The number of thiazole rings is 1. The SMILES string of the molecule is CC(Sc1ccc(NC(=O)C(=Cc2c[nH]c3ccccc23)NC(=O)c2ccccc2)cc1)C(=O)Nc1nccs1. The highest BCUT2D eigenvalue weighted by atomic mass is 32.2. The zero-order chi connectivity index (χ0) is 27.9. The maximum Gasteiger partial charge on any atom is 0.272 e. The molecule has 0 fully saturated rings. The molecule has 4 N–H and O–H groups in total. The van der Waals surface area contributed by atoms with E-state index >= 15 is 0 Å². The molecule has 1 unspecified atom stereocenters. The van der Waals surface area contributed by atoms with Crippen LogP contribution < -0.4 is 16.0 Å². The van der Waals surface area contributed by atoms with Gasteiger partial charge in [-0.3, -0.25) is 14.4 Å². The number of rotatable bonds is 9. The minimum atomic E-state index is -0.467. The molecule has 0 radical (unpaired) electrons. The number of para-hydroxylation sites is 1. The third-order valence-corrected chi connectivity index (χ3v) is 7.71. The van der Waals surface area contributed by atoms with E-state index < -0.39 is 11.8 Å². The highest BCUT2D eigenvalue weighted by Gasteiger charge is 2.18. The summed E-state index contributed by atoms with van der Waals surface area (Å²) in [6.07, 6.45) is 5.09. The lowest BCUT2D eigenvalue weighted by atomic mass is 10.1. The number of nitrogens with one attached hydrogen (secondary N) is 4. The standard InChI is InChI=1S/C30H25N5O3S2/c1-19(27(36)35-30-31-15-16-39-30)40-23-13-11-22(12-14-23)33-29(38)26(34-28(37)20-7-3-2-4-8-20)17-21-18-32-25-10-6-5-9-24(21)25/h2-19,32H,1H3,(H,33,38)(H,34,37)(H,31,35,36). The average Bonchev–Trinajstić information content (AvgIpc) is 3.64. The lowest BCUT2D eigenvalue weighted by molar-refractivity contribution is -0.115. The number of carbonyl (C=O) groups is 3. The van der Waals surface area contributed by atoms with Gasteiger partial charge in [0.05, 0.1) is 5.25 Å². The summed E-state index contributed by atoms with van der Waals surface area (Å²) in [6.45, 7) is 1.82. The number of nitrogens with zero attached hydrogens (tertiary/aromatic N) is 1. The van der Waals surface area contributed by atoms with Crippen LogP contribution in [0.5, 0.6) is 0 Å². The molecule has 3 amide bonds. The van der Waals surface area contributed by atoms with E-state index in [2.05, 4.69) is 25.9 Å². The number of thioether (sulfide) groups is 1. The third-order valence-electron chi connectivity index (χ3n) is 5.91. The van der Waals surface area contributed by atoms with Crippen molar-refractivity contribution < 1.29 is 14.4 Å². The van der Waals surface area contributed by atoms with Crippen molar-refractivity contribution in [1.82, 2.24) is 15.3 Å². The van der Waals surface area contributed by atoms with Crippen LogP contribution in [0.4, 0.5) is 10.8 Å². The molecule has 0 saturated carbocycles. The van der Waals surface area contributed by atoms with Crippen molar-refractivity contribution in [2.24, 2.45) is 0 Å². The summed E-state index contributed by atoms with van der Waals surface area (Å²) in [5.41, 5.74) is 2.78. The first-order valence-corrected chi connectivity index (χ1v) is 14.1. The Morgan fingerprint density at radius 2 is 1.70 bits per heavy atom. The summed E-state index contributed by atoms with van der Waals surface area (Å²) >= 11 is 2.76. The minimum Gasteiger partial charge on any atom is -0.361 e. The molecule has 0 aliphatic rings. The molecule has 200 valence electrons. The number of benzene rings is 3. The van der Waals surface area contributed by atoms with E-state index in [1.165, 1.54) is 23.1 Å². The van der Waals surface area contributed by atoms with E-state index in [9.17, 15) is 14.4 Å². The van der Waals surface area contributed by atoms with Crippen LogP contribution in [-0.4, -0.2) is 32.9 Å². The molecule has 5 aromatic rings. The van der Waals surface area contributed by atoms with Crippen LogP contribution in [0.1, 0.15) is 22.8 Å². The second-order valence-electron chi connectivity index (χ2n) is 8.73. The summed E-state index contributed by atoms with van der Waals surface area (Å²) in [7, 11) is 0. The van der Waals surface area contributed by atoms with Gasteiger partial charge in [-0.15, -0.1) is 23.1 Å². The Balaban J connectivity index is 1.30. The van der Waals surface area contributed by atoms with Crippen LogP contribution in [0.2, 0.25) is 0 Å². The molecule has 0 saturated heterocycles. The normalized spacial score (nSPS) is 12.1. The predicted molar refractivity (Wildman–Crippen MR) is 161 cm³/mol. The summed E-state index contributed by atoms with van der Waals surface area (Å²) in [5, 5.41) is 11.4. The molecule has 3 aromatic carbocycles. The number of hydrogen-bond donors (Lipinski definition) is 4. The maximum absolute atomic E-state index is 13.4. The number of anilines is 2. The Bertz CT molecular complexity index is 1660. The molecule has 2 heterocycles. The Hall–Kier alpha value is -4.67. The number of H-pyrrole nitrogens is 1. The molecule has 0 aliphatic heterocycles. The van der Waals surface area contributed by atoms with Gasteiger partial charge in [0.15, 0.2) is 5.13 Å². The van der Waals surface area contributed by atoms with Gasteiger partial charge >= 0.3 is 0 Å².